The molecule has 0 spiro atoms. The maximum atomic E-state index is 13.6. The van der Waals surface area contributed by atoms with Gasteiger partial charge >= 0.3 is 0 Å². The van der Waals surface area contributed by atoms with Crippen LogP contribution < -0.4 is 4.74 Å². The number of benzene rings is 2. The molecule has 2 aromatic heterocycles. The molecule has 2 aliphatic heterocycles. The van der Waals surface area contributed by atoms with Crippen LogP contribution in [0, 0.1) is 5.82 Å². The normalized spacial score (nSPS) is 20.1. The fourth-order valence-corrected chi connectivity index (χ4v) is 5.27. The van der Waals surface area contributed by atoms with Gasteiger partial charge in [-0.1, -0.05) is 24.3 Å². The van der Waals surface area contributed by atoms with Crippen LogP contribution in [0.3, 0.4) is 0 Å². The molecule has 4 nitrogen and oxygen atoms in total. The third kappa shape index (κ3) is 4.03. The smallest absolute Gasteiger partial charge is 0.123 e. The molecule has 4 aromatic rings. The van der Waals surface area contributed by atoms with E-state index in [1.807, 2.05) is 67.0 Å². The van der Waals surface area contributed by atoms with E-state index in [1.54, 1.807) is 0 Å². The minimum atomic E-state index is -0.232. The molecule has 34 heavy (non-hydrogen) atoms. The lowest BCUT2D eigenvalue weighted by Crippen LogP contribution is -2.33. The minimum Gasteiger partial charge on any atom is -0.489 e. The predicted molar refractivity (Wildman–Crippen MR) is 133 cm³/mol. The number of aromatic amines is 1. The summed E-state index contributed by atoms with van der Waals surface area (Å²) in [5, 5.41) is 0. The zero-order valence-corrected chi connectivity index (χ0v) is 18.8. The van der Waals surface area contributed by atoms with Crippen molar-refractivity contribution in [3.63, 3.8) is 0 Å². The highest BCUT2D eigenvalue weighted by molar-refractivity contribution is 5.91. The second kappa shape index (κ2) is 8.92. The number of pyridine rings is 1. The molecule has 5 heteroatoms. The highest BCUT2D eigenvalue weighted by Crippen LogP contribution is 2.41. The van der Waals surface area contributed by atoms with Crippen LogP contribution in [0.5, 0.6) is 5.75 Å². The van der Waals surface area contributed by atoms with E-state index in [0.717, 1.165) is 54.1 Å². The first-order chi connectivity index (χ1) is 16.7. The van der Waals surface area contributed by atoms with Crippen molar-refractivity contribution in [3.8, 4) is 28.1 Å². The lowest BCUT2D eigenvalue weighted by atomic mass is 9.89. The van der Waals surface area contributed by atoms with E-state index in [4.69, 9.17) is 4.74 Å². The van der Waals surface area contributed by atoms with Gasteiger partial charge in [0.05, 0.1) is 5.69 Å². The Balaban J connectivity index is 1.29. The van der Waals surface area contributed by atoms with Crippen LogP contribution >= 0.6 is 0 Å². The number of hydrogen-bond acceptors (Lipinski definition) is 3. The van der Waals surface area contributed by atoms with E-state index in [2.05, 4.69) is 27.1 Å². The Morgan fingerprint density at radius 3 is 2.53 bits per heavy atom. The molecule has 0 aliphatic carbocycles. The summed E-state index contributed by atoms with van der Waals surface area (Å²) < 4.78 is 19.8. The number of rotatable bonds is 5. The van der Waals surface area contributed by atoms with E-state index < -0.39 is 0 Å². The molecule has 2 aromatic carbocycles. The first kappa shape index (κ1) is 20.9. The Kier molecular flexibility index (Phi) is 5.47. The Morgan fingerprint density at radius 1 is 0.941 bits per heavy atom. The van der Waals surface area contributed by atoms with Crippen LogP contribution in [0.2, 0.25) is 0 Å². The average molecular weight is 452 g/mol. The SMILES string of the molecule is Fc1ccc(-c2[nH]cc(C3=CCN4CC(Oc5ccccc5)CC4C3)c2-c2ccncc2)cc1. The van der Waals surface area contributed by atoms with E-state index >= 15 is 0 Å². The van der Waals surface area contributed by atoms with Gasteiger partial charge < -0.3 is 9.72 Å². The van der Waals surface area contributed by atoms with E-state index in [9.17, 15) is 4.39 Å². The summed E-state index contributed by atoms with van der Waals surface area (Å²) in [5.74, 6) is 0.708. The molecule has 2 unspecified atom stereocenters. The Hall–Kier alpha value is -3.70. The molecule has 6 rings (SSSR count). The molecule has 0 saturated carbocycles. The number of aromatic nitrogens is 2. The molecule has 2 atom stereocenters. The number of para-hydroxylation sites is 1. The highest BCUT2D eigenvalue weighted by Gasteiger charge is 2.36. The number of hydrogen-bond donors (Lipinski definition) is 1. The number of nitrogens with zero attached hydrogens (tertiary/aromatic N) is 2. The number of fused-ring (bicyclic) bond motifs is 1. The van der Waals surface area contributed by atoms with Crippen LogP contribution in [-0.4, -0.2) is 40.1 Å². The van der Waals surface area contributed by atoms with Crippen molar-refractivity contribution < 1.29 is 9.13 Å². The van der Waals surface area contributed by atoms with Crippen molar-refractivity contribution in [1.29, 1.82) is 0 Å². The van der Waals surface area contributed by atoms with Gasteiger partial charge in [-0.3, -0.25) is 9.88 Å². The average Bonchev–Trinajstić information content (AvgIpc) is 3.49. The minimum absolute atomic E-state index is 0.209. The summed E-state index contributed by atoms with van der Waals surface area (Å²) in [6.45, 7) is 1.87. The summed E-state index contributed by atoms with van der Waals surface area (Å²) in [6.07, 6.45) is 10.3. The van der Waals surface area contributed by atoms with Gasteiger partial charge in [-0.2, -0.15) is 0 Å². The Morgan fingerprint density at radius 2 is 1.74 bits per heavy atom. The first-order valence-electron chi connectivity index (χ1n) is 11.8. The number of ether oxygens (including phenoxy) is 1. The zero-order valence-electron chi connectivity index (χ0n) is 18.8. The van der Waals surface area contributed by atoms with Crippen molar-refractivity contribution in [2.75, 3.05) is 13.1 Å². The molecular weight excluding hydrogens is 425 g/mol. The molecule has 1 fully saturated rings. The van der Waals surface area contributed by atoms with Gasteiger partial charge in [-0.25, -0.2) is 4.39 Å². The Labute approximate surface area is 198 Å². The molecule has 1 saturated heterocycles. The van der Waals surface area contributed by atoms with Gasteiger partial charge in [0.15, 0.2) is 0 Å². The quantitative estimate of drug-likeness (QED) is 0.393. The maximum absolute atomic E-state index is 13.6. The Bertz CT molecular complexity index is 1300. The van der Waals surface area contributed by atoms with Gasteiger partial charge in [0.25, 0.3) is 0 Å². The monoisotopic (exact) mass is 451 g/mol. The fourth-order valence-electron chi connectivity index (χ4n) is 5.27. The molecule has 2 aliphatic rings. The van der Waals surface area contributed by atoms with Crippen molar-refractivity contribution in [2.45, 2.75) is 25.0 Å². The molecule has 0 radical (unpaired) electrons. The summed E-state index contributed by atoms with van der Waals surface area (Å²) in [5.41, 5.74) is 6.76. The van der Waals surface area contributed by atoms with Gasteiger partial charge in [0.2, 0.25) is 0 Å². The summed E-state index contributed by atoms with van der Waals surface area (Å²) in [7, 11) is 0. The van der Waals surface area contributed by atoms with Crippen LogP contribution in [0.25, 0.3) is 28.0 Å². The summed E-state index contributed by atoms with van der Waals surface area (Å²) in [6, 6.07) is 21.3. The highest BCUT2D eigenvalue weighted by atomic mass is 19.1. The van der Waals surface area contributed by atoms with Gasteiger partial charge in [-0.15, -0.1) is 0 Å². The topological polar surface area (TPSA) is 41.2 Å². The van der Waals surface area contributed by atoms with Crippen molar-refractivity contribution in [1.82, 2.24) is 14.9 Å². The van der Waals surface area contributed by atoms with Crippen molar-refractivity contribution >= 4 is 5.57 Å². The van der Waals surface area contributed by atoms with Gasteiger partial charge in [0.1, 0.15) is 17.7 Å². The molecular formula is C29H26FN3O. The van der Waals surface area contributed by atoms with Crippen LogP contribution in [0.4, 0.5) is 4.39 Å². The second-order valence-corrected chi connectivity index (χ2v) is 9.02. The molecule has 170 valence electrons. The van der Waals surface area contributed by atoms with E-state index in [1.165, 1.54) is 23.3 Å². The second-order valence-electron chi connectivity index (χ2n) is 9.02. The lowest BCUT2D eigenvalue weighted by Gasteiger charge is -2.29. The molecule has 4 heterocycles. The largest absolute Gasteiger partial charge is 0.489 e. The van der Waals surface area contributed by atoms with Gasteiger partial charge in [0, 0.05) is 55.3 Å². The van der Waals surface area contributed by atoms with Crippen molar-refractivity contribution in [3.05, 3.63) is 103 Å². The van der Waals surface area contributed by atoms with Crippen LogP contribution in [0.1, 0.15) is 18.4 Å². The molecule has 1 N–H and O–H groups in total. The number of halogens is 1. The number of nitrogens with one attached hydrogen (secondary N) is 1. The van der Waals surface area contributed by atoms with Gasteiger partial charge in [-0.05, 0) is 71.7 Å². The van der Waals surface area contributed by atoms with E-state index in [-0.39, 0.29) is 11.9 Å². The number of H-pyrrole nitrogens is 1. The predicted octanol–water partition coefficient (Wildman–Crippen LogP) is 6.19. The lowest BCUT2D eigenvalue weighted by molar-refractivity contribution is 0.202. The van der Waals surface area contributed by atoms with Crippen LogP contribution in [-0.2, 0) is 0 Å². The van der Waals surface area contributed by atoms with Crippen LogP contribution in [0.15, 0.2) is 91.4 Å². The first-order valence-corrected chi connectivity index (χ1v) is 11.8. The molecule has 0 bridgehead atoms. The fraction of sp³-hybridized carbons (Fsp3) is 0.207. The third-order valence-corrected chi connectivity index (χ3v) is 6.89. The molecule has 0 amide bonds. The van der Waals surface area contributed by atoms with Crippen molar-refractivity contribution in [2.24, 2.45) is 0 Å². The van der Waals surface area contributed by atoms with E-state index in [0.29, 0.717) is 6.04 Å². The third-order valence-electron chi connectivity index (χ3n) is 6.89. The standard InChI is InChI=1S/C29H26FN3O/c30-23-8-6-21(7-9-23)29-28(20-10-13-31-14-11-20)27(18-32-29)22-12-15-33-19-26(17-24(33)16-22)34-25-4-2-1-3-5-25/h1-14,18,24,26,32H,15-17,19H2. The summed E-state index contributed by atoms with van der Waals surface area (Å²) in [4.78, 5) is 10.2. The maximum Gasteiger partial charge on any atom is 0.123 e. The summed E-state index contributed by atoms with van der Waals surface area (Å²) >= 11 is 0. The zero-order chi connectivity index (χ0) is 22.9.